The molecule has 4 aliphatic rings. The first-order valence-electron chi connectivity index (χ1n) is 12.6. The molecule has 0 bridgehead atoms. The fourth-order valence-corrected chi connectivity index (χ4v) is 6.17. The molecule has 0 aromatic heterocycles. The van der Waals surface area contributed by atoms with E-state index in [1.165, 1.54) is 31.2 Å². The average Bonchev–Trinajstić information content (AvgIpc) is 3.44. The highest BCUT2D eigenvalue weighted by Crippen LogP contribution is 2.32. The van der Waals surface area contributed by atoms with Crippen LogP contribution in [0.2, 0.25) is 0 Å². The molecule has 3 amide bonds. The van der Waals surface area contributed by atoms with Crippen LogP contribution in [0.15, 0.2) is 18.2 Å². The molecule has 1 aromatic carbocycles. The summed E-state index contributed by atoms with van der Waals surface area (Å²) in [6.07, 6.45) is 9.27. The molecule has 1 unspecified atom stereocenters. The van der Waals surface area contributed by atoms with Gasteiger partial charge >= 0.3 is 0 Å². The van der Waals surface area contributed by atoms with Crippen LogP contribution in [-0.4, -0.2) is 53.5 Å². The minimum Gasteiger partial charge on any atom is -0.377 e. The van der Waals surface area contributed by atoms with Crippen molar-refractivity contribution in [3.63, 3.8) is 0 Å². The lowest BCUT2D eigenvalue weighted by Gasteiger charge is -2.36. The van der Waals surface area contributed by atoms with Crippen molar-refractivity contribution < 1.29 is 19.1 Å². The highest BCUT2D eigenvalue weighted by atomic mass is 16.5. The Morgan fingerprint density at radius 3 is 2.76 bits per heavy atom. The van der Waals surface area contributed by atoms with Crippen LogP contribution >= 0.6 is 0 Å². The summed E-state index contributed by atoms with van der Waals surface area (Å²) in [5.74, 6) is -0.145. The summed E-state index contributed by atoms with van der Waals surface area (Å²) in [7, 11) is 0. The van der Waals surface area contributed by atoms with Gasteiger partial charge in [-0.1, -0.05) is 25.0 Å². The normalized spacial score (nSPS) is 30.9. The first-order chi connectivity index (χ1) is 16.0. The second kappa shape index (κ2) is 9.55. The number of rotatable bonds is 6. The van der Waals surface area contributed by atoms with Crippen LogP contribution in [0.5, 0.6) is 0 Å². The first kappa shape index (κ1) is 22.5. The number of carbonyl (C=O) groups is 3. The van der Waals surface area contributed by atoms with E-state index < -0.39 is 6.04 Å². The molecule has 1 aliphatic carbocycles. The van der Waals surface area contributed by atoms with E-state index in [1.807, 2.05) is 6.07 Å². The highest BCUT2D eigenvalue weighted by molar-refractivity contribution is 6.05. The number of piperidine rings is 1. The van der Waals surface area contributed by atoms with Crippen molar-refractivity contribution in [2.24, 2.45) is 5.92 Å². The molecule has 33 heavy (non-hydrogen) atoms. The van der Waals surface area contributed by atoms with E-state index in [9.17, 15) is 14.4 Å². The van der Waals surface area contributed by atoms with E-state index in [4.69, 9.17) is 4.74 Å². The molecule has 3 heterocycles. The standard InChI is InChI=1S/C26H35N3O4/c1-16(23-7-4-12-33-23)27-21-6-3-2-5-18(21)13-17-8-9-20-19(14-17)15-29(26(20)32)22-10-11-24(30)28-25(22)31/h8-9,14,16,18,21-23,27H,2-7,10-13,15H2,1H3,(H,28,30,31)/t16-,18+,21-,22?,23-/m0/s1. The number of imide groups is 1. The van der Waals surface area contributed by atoms with Crippen molar-refractivity contribution in [1.82, 2.24) is 15.5 Å². The Kier molecular flexibility index (Phi) is 6.52. The fraction of sp³-hybridized carbons (Fsp3) is 0.654. The Bertz CT molecular complexity index is 926. The zero-order valence-electron chi connectivity index (χ0n) is 19.5. The number of nitrogens with one attached hydrogen (secondary N) is 2. The van der Waals surface area contributed by atoms with Crippen LogP contribution in [0, 0.1) is 5.92 Å². The van der Waals surface area contributed by atoms with E-state index >= 15 is 0 Å². The van der Waals surface area contributed by atoms with E-state index in [0.29, 0.717) is 42.6 Å². The summed E-state index contributed by atoms with van der Waals surface area (Å²) in [5, 5.41) is 6.26. The van der Waals surface area contributed by atoms with Gasteiger partial charge in [0.05, 0.1) is 6.10 Å². The van der Waals surface area contributed by atoms with Crippen LogP contribution in [0.1, 0.15) is 79.8 Å². The SMILES string of the molecule is C[C@H](N[C@H]1CCCC[C@@H]1Cc1ccc2c(c1)CN(C1CCC(=O)NC1=O)C2=O)[C@@H]1CCCO1. The molecule has 2 N–H and O–H groups in total. The number of hydrogen-bond acceptors (Lipinski definition) is 5. The van der Waals surface area contributed by atoms with Gasteiger partial charge in [-0.25, -0.2) is 0 Å². The molecule has 3 aliphatic heterocycles. The first-order valence-corrected chi connectivity index (χ1v) is 12.6. The van der Waals surface area contributed by atoms with Crippen LogP contribution in [0.3, 0.4) is 0 Å². The maximum atomic E-state index is 13.0. The van der Waals surface area contributed by atoms with Gasteiger partial charge in [0.15, 0.2) is 0 Å². The molecular formula is C26H35N3O4. The van der Waals surface area contributed by atoms with E-state index in [-0.39, 0.29) is 24.1 Å². The molecule has 0 spiro atoms. The van der Waals surface area contributed by atoms with Gasteiger partial charge in [-0.05, 0) is 68.6 Å². The Balaban J connectivity index is 1.25. The maximum absolute atomic E-state index is 13.0. The van der Waals surface area contributed by atoms with Crippen molar-refractivity contribution in [2.75, 3.05) is 6.61 Å². The Morgan fingerprint density at radius 2 is 1.97 bits per heavy atom. The largest absolute Gasteiger partial charge is 0.377 e. The zero-order chi connectivity index (χ0) is 22.9. The molecule has 3 fully saturated rings. The summed E-state index contributed by atoms with van der Waals surface area (Å²) in [6.45, 7) is 3.58. The molecule has 178 valence electrons. The van der Waals surface area contributed by atoms with Crippen LogP contribution in [0.4, 0.5) is 0 Å². The maximum Gasteiger partial charge on any atom is 0.255 e. The van der Waals surface area contributed by atoms with Gasteiger partial charge in [0.25, 0.3) is 5.91 Å². The molecule has 2 saturated heterocycles. The number of fused-ring (bicyclic) bond motifs is 1. The number of benzene rings is 1. The number of carbonyl (C=O) groups excluding carboxylic acids is 3. The van der Waals surface area contributed by atoms with Gasteiger partial charge in [-0.2, -0.15) is 0 Å². The summed E-state index contributed by atoms with van der Waals surface area (Å²) >= 11 is 0. The third kappa shape index (κ3) is 4.71. The Hall–Kier alpha value is -2.25. The molecule has 5 atom stereocenters. The molecule has 1 saturated carbocycles. The molecule has 1 aromatic rings. The monoisotopic (exact) mass is 453 g/mol. The van der Waals surface area contributed by atoms with Gasteiger partial charge in [-0.15, -0.1) is 0 Å². The number of ether oxygens (including phenoxy) is 1. The minimum atomic E-state index is -0.558. The van der Waals surface area contributed by atoms with E-state index in [0.717, 1.165) is 31.4 Å². The Morgan fingerprint density at radius 1 is 1.12 bits per heavy atom. The highest BCUT2D eigenvalue weighted by Gasteiger charge is 2.39. The molecule has 0 radical (unpaired) electrons. The van der Waals surface area contributed by atoms with Crippen molar-refractivity contribution >= 4 is 17.7 Å². The third-order valence-electron chi connectivity index (χ3n) is 7.99. The topological polar surface area (TPSA) is 87.7 Å². The smallest absolute Gasteiger partial charge is 0.255 e. The predicted octanol–water partition coefficient (Wildman–Crippen LogP) is 2.71. The van der Waals surface area contributed by atoms with Gasteiger partial charge in [-0.3, -0.25) is 19.7 Å². The molecule has 7 nitrogen and oxygen atoms in total. The number of amides is 3. The average molecular weight is 454 g/mol. The minimum absolute atomic E-state index is 0.103. The third-order valence-corrected chi connectivity index (χ3v) is 7.99. The number of nitrogens with zero attached hydrogens (tertiary/aromatic N) is 1. The van der Waals surface area contributed by atoms with Crippen molar-refractivity contribution in [3.8, 4) is 0 Å². The van der Waals surface area contributed by atoms with Gasteiger partial charge in [0.2, 0.25) is 11.8 Å². The van der Waals surface area contributed by atoms with E-state index in [1.54, 1.807) is 4.90 Å². The van der Waals surface area contributed by atoms with Gasteiger partial charge in [0, 0.05) is 37.2 Å². The summed E-state index contributed by atoms with van der Waals surface area (Å²) in [6, 6.07) is 6.48. The second-order valence-corrected chi connectivity index (χ2v) is 10.3. The summed E-state index contributed by atoms with van der Waals surface area (Å²) in [4.78, 5) is 38.4. The molecule has 7 heteroatoms. The fourth-order valence-electron chi connectivity index (χ4n) is 6.17. The Labute approximate surface area is 195 Å². The summed E-state index contributed by atoms with van der Waals surface area (Å²) in [5.41, 5.74) is 2.94. The van der Waals surface area contributed by atoms with Gasteiger partial charge in [0.1, 0.15) is 6.04 Å². The second-order valence-electron chi connectivity index (χ2n) is 10.3. The van der Waals surface area contributed by atoms with Crippen molar-refractivity contribution in [3.05, 3.63) is 34.9 Å². The quantitative estimate of drug-likeness (QED) is 0.647. The lowest BCUT2D eigenvalue weighted by atomic mass is 9.80. The van der Waals surface area contributed by atoms with Crippen LogP contribution in [0.25, 0.3) is 0 Å². The summed E-state index contributed by atoms with van der Waals surface area (Å²) < 4.78 is 5.90. The van der Waals surface area contributed by atoms with Gasteiger partial charge < -0.3 is 15.0 Å². The predicted molar refractivity (Wildman–Crippen MR) is 124 cm³/mol. The molecule has 5 rings (SSSR count). The lowest BCUT2D eigenvalue weighted by molar-refractivity contribution is -0.136. The van der Waals surface area contributed by atoms with Crippen molar-refractivity contribution in [2.45, 2.75) is 95.5 Å². The van der Waals surface area contributed by atoms with Crippen LogP contribution in [-0.2, 0) is 27.3 Å². The molecular weight excluding hydrogens is 418 g/mol. The van der Waals surface area contributed by atoms with E-state index in [2.05, 4.69) is 29.7 Å². The number of hydrogen-bond donors (Lipinski definition) is 2. The van der Waals surface area contributed by atoms with Crippen LogP contribution < -0.4 is 10.6 Å². The lowest BCUT2D eigenvalue weighted by Crippen LogP contribution is -2.52. The zero-order valence-corrected chi connectivity index (χ0v) is 19.5. The van der Waals surface area contributed by atoms with Crippen molar-refractivity contribution in [1.29, 1.82) is 0 Å².